The molecule has 15 aromatic rings. The lowest BCUT2D eigenvalue weighted by atomic mass is 9.98. The van der Waals surface area contributed by atoms with Crippen molar-refractivity contribution in [3.63, 3.8) is 0 Å². The van der Waals surface area contributed by atoms with Gasteiger partial charge in [-0.3, -0.25) is 0 Å². The van der Waals surface area contributed by atoms with E-state index in [9.17, 15) is 10.5 Å². The zero-order chi connectivity index (χ0) is 70.2. The highest BCUT2D eigenvalue weighted by molar-refractivity contribution is 5.94. The predicted octanol–water partition coefficient (Wildman–Crippen LogP) is 26.6. The second-order valence-corrected chi connectivity index (χ2v) is 24.9. The second kappa shape index (κ2) is 31.2. The van der Waals surface area contributed by atoms with Crippen molar-refractivity contribution in [3.05, 3.63) is 435 Å². The lowest BCUT2D eigenvalue weighted by Gasteiger charge is -2.29. The zero-order valence-electron chi connectivity index (χ0n) is 57.0. The minimum atomic E-state index is 0.497. The summed E-state index contributed by atoms with van der Waals surface area (Å²) >= 11 is 0. The summed E-state index contributed by atoms with van der Waals surface area (Å²) in [5.41, 5.74) is 22.6. The maximum Gasteiger partial charge on any atom is 0.0998 e. The molecule has 0 fully saturated rings. The van der Waals surface area contributed by atoms with Crippen LogP contribution in [0.25, 0.3) is 23.3 Å². The van der Waals surface area contributed by atoms with E-state index in [0.29, 0.717) is 11.1 Å². The van der Waals surface area contributed by atoms with Crippen molar-refractivity contribution >= 4 is 126 Å². The van der Waals surface area contributed by atoms with Crippen LogP contribution in [0, 0.1) is 22.7 Å². The van der Waals surface area contributed by atoms with E-state index < -0.39 is 0 Å². The fraction of sp³-hybridized carbons (Fsp3) is 0. The SMILES string of the molecule is N#C/C(=C/c1ccc(N(c2ccc(N(c3ccccc3)c3ccccc3)cc2)c2ccc(N(c3ccccc3)c3ccccc3)cc2)cc1)c1ccc(/C(C#N)=C\c2ccc(N(c3ccc(N(c4ccccc4)c4ccccc4)cc3)c3ccc(N(c4ccccc4)c4ccccc4)cc3)cc2)cc1. The van der Waals surface area contributed by atoms with E-state index in [-0.39, 0.29) is 0 Å². The maximum atomic E-state index is 10.8. The number of hydrogen-bond donors (Lipinski definition) is 0. The fourth-order valence-electron chi connectivity index (χ4n) is 13.3. The van der Waals surface area contributed by atoms with Gasteiger partial charge in [-0.1, -0.05) is 194 Å². The third-order valence-electron chi connectivity index (χ3n) is 18.3. The lowest BCUT2D eigenvalue weighted by Crippen LogP contribution is -2.13. The molecule has 104 heavy (non-hydrogen) atoms. The van der Waals surface area contributed by atoms with E-state index in [2.05, 4.69) is 381 Å². The van der Waals surface area contributed by atoms with Crippen LogP contribution in [0.5, 0.6) is 0 Å². The molecule has 15 aromatic carbocycles. The molecular weight excluding hydrogens is 1270 g/mol. The maximum absolute atomic E-state index is 10.8. The highest BCUT2D eigenvalue weighted by Crippen LogP contribution is 2.45. The lowest BCUT2D eigenvalue weighted by molar-refractivity contribution is 1.24. The Morgan fingerprint density at radius 1 is 0.163 bits per heavy atom. The molecule has 0 bridgehead atoms. The van der Waals surface area contributed by atoms with Crippen molar-refractivity contribution in [2.24, 2.45) is 0 Å². The molecule has 494 valence electrons. The van der Waals surface area contributed by atoms with Gasteiger partial charge in [0.15, 0.2) is 0 Å². The standard InChI is InChI=1S/C96H70N8/c97-71-77(69-73-41-49-87(50-42-73)103(93-61-53-89(54-62-93)99(79-25-9-1-10-26-79)80-27-11-2-12-28-80)94-63-55-90(56-64-94)100(81-29-13-3-14-30-81)82-31-15-4-16-32-82)75-45-47-76(48-46-75)78(72-98)70-74-43-51-88(52-44-74)104(95-65-57-91(58-66-95)101(83-33-17-5-18-34-83)84-35-19-6-20-36-84)96-67-59-92(60-68-96)102(85-37-21-7-22-38-85)86-39-23-8-24-40-86/h1-70H/b77-69-,78-70-. The number of benzene rings is 15. The third kappa shape index (κ3) is 14.7. The predicted molar refractivity (Wildman–Crippen MR) is 434 cm³/mol. The Labute approximate surface area is 608 Å². The van der Waals surface area contributed by atoms with Gasteiger partial charge in [-0.05, 0) is 253 Å². The molecule has 0 aliphatic heterocycles. The van der Waals surface area contributed by atoms with Crippen LogP contribution in [0.3, 0.4) is 0 Å². The number of nitrogens with zero attached hydrogens (tertiary/aromatic N) is 8. The van der Waals surface area contributed by atoms with E-state index in [1.165, 1.54) is 0 Å². The normalized spacial score (nSPS) is 11.2. The summed E-state index contributed by atoms with van der Waals surface area (Å²) in [4.78, 5) is 13.6. The van der Waals surface area contributed by atoms with E-state index >= 15 is 0 Å². The van der Waals surface area contributed by atoms with Crippen molar-refractivity contribution < 1.29 is 0 Å². The first-order chi connectivity index (χ1) is 51.5. The Morgan fingerprint density at radius 3 is 0.423 bits per heavy atom. The molecule has 8 heteroatoms. The molecule has 0 saturated heterocycles. The molecule has 0 radical (unpaired) electrons. The quantitative estimate of drug-likeness (QED) is 0.0491. The van der Waals surface area contributed by atoms with Gasteiger partial charge in [0, 0.05) is 102 Å². The number of hydrogen-bond acceptors (Lipinski definition) is 8. The third-order valence-corrected chi connectivity index (χ3v) is 18.3. The van der Waals surface area contributed by atoms with Gasteiger partial charge in [-0.25, -0.2) is 0 Å². The number of nitriles is 2. The summed E-state index contributed by atoms with van der Waals surface area (Å²) in [7, 11) is 0. The fourth-order valence-corrected chi connectivity index (χ4v) is 13.3. The Bertz CT molecular complexity index is 4670. The number of para-hydroxylation sites is 8. The molecule has 0 aliphatic rings. The highest BCUT2D eigenvalue weighted by atomic mass is 15.2. The monoisotopic (exact) mass is 1330 g/mol. The first-order valence-corrected chi connectivity index (χ1v) is 34.7. The average molecular weight is 1340 g/mol. The van der Waals surface area contributed by atoms with Crippen molar-refractivity contribution in [1.29, 1.82) is 10.5 Å². The minimum Gasteiger partial charge on any atom is -0.311 e. The molecule has 0 saturated carbocycles. The highest BCUT2D eigenvalue weighted by Gasteiger charge is 2.22. The molecule has 0 heterocycles. The molecule has 0 aliphatic carbocycles. The van der Waals surface area contributed by atoms with E-state index in [1.807, 2.05) is 84.9 Å². The van der Waals surface area contributed by atoms with Crippen molar-refractivity contribution in [2.75, 3.05) is 29.4 Å². The molecule has 0 N–H and O–H groups in total. The molecule has 15 rings (SSSR count). The van der Waals surface area contributed by atoms with Gasteiger partial charge in [-0.2, -0.15) is 10.5 Å². The van der Waals surface area contributed by atoms with Gasteiger partial charge in [-0.15, -0.1) is 0 Å². The largest absolute Gasteiger partial charge is 0.311 e. The van der Waals surface area contributed by atoms with Crippen LogP contribution in [0.1, 0.15) is 22.3 Å². The van der Waals surface area contributed by atoms with Crippen LogP contribution in [0.4, 0.5) is 102 Å². The molecule has 8 nitrogen and oxygen atoms in total. The summed E-state index contributed by atoms with van der Waals surface area (Å²) < 4.78 is 0. The molecule has 0 aromatic heterocycles. The van der Waals surface area contributed by atoms with Crippen LogP contribution >= 0.6 is 0 Å². The minimum absolute atomic E-state index is 0.497. The Hall–Kier alpha value is -14.4. The Kier molecular flexibility index (Phi) is 19.6. The molecular formula is C96H70N8. The number of rotatable bonds is 22. The van der Waals surface area contributed by atoms with Gasteiger partial charge in [0.25, 0.3) is 0 Å². The summed E-state index contributed by atoms with van der Waals surface area (Å²) in [6.07, 6.45) is 3.83. The van der Waals surface area contributed by atoms with Crippen molar-refractivity contribution in [1.82, 2.24) is 0 Å². The van der Waals surface area contributed by atoms with Gasteiger partial charge >= 0.3 is 0 Å². The number of allylic oxidation sites excluding steroid dienone is 2. The molecule has 0 atom stereocenters. The Balaban J connectivity index is 0.706. The summed E-state index contributed by atoms with van der Waals surface area (Å²) in [5, 5.41) is 21.5. The molecule has 0 spiro atoms. The first-order valence-electron chi connectivity index (χ1n) is 34.7. The van der Waals surface area contributed by atoms with E-state index in [0.717, 1.165) is 125 Å². The van der Waals surface area contributed by atoms with Crippen molar-refractivity contribution in [2.45, 2.75) is 0 Å². The van der Waals surface area contributed by atoms with E-state index in [4.69, 9.17) is 0 Å². The van der Waals surface area contributed by atoms with Crippen LogP contribution in [0.15, 0.2) is 413 Å². The topological polar surface area (TPSA) is 67.0 Å². The van der Waals surface area contributed by atoms with Crippen LogP contribution < -0.4 is 29.4 Å². The average Bonchev–Trinajstić information content (AvgIpc) is 0.768. The second-order valence-electron chi connectivity index (χ2n) is 24.9. The van der Waals surface area contributed by atoms with E-state index in [1.54, 1.807) is 0 Å². The first kappa shape index (κ1) is 65.5. The van der Waals surface area contributed by atoms with Crippen LogP contribution in [0.2, 0.25) is 0 Å². The zero-order valence-corrected chi connectivity index (χ0v) is 57.0. The summed E-state index contributed by atoms with van der Waals surface area (Å²) in [6, 6.07) is 147. The van der Waals surface area contributed by atoms with Crippen LogP contribution in [-0.4, -0.2) is 0 Å². The smallest absolute Gasteiger partial charge is 0.0998 e. The van der Waals surface area contributed by atoms with Crippen molar-refractivity contribution in [3.8, 4) is 12.1 Å². The van der Waals surface area contributed by atoms with Crippen LogP contribution in [-0.2, 0) is 0 Å². The number of anilines is 18. The summed E-state index contributed by atoms with van der Waals surface area (Å²) in [6.45, 7) is 0. The molecule has 0 unspecified atom stereocenters. The Morgan fingerprint density at radius 2 is 0.288 bits per heavy atom. The molecule has 0 amide bonds. The van der Waals surface area contributed by atoms with Gasteiger partial charge in [0.1, 0.15) is 0 Å². The summed E-state index contributed by atoms with van der Waals surface area (Å²) in [5.74, 6) is 0. The van der Waals surface area contributed by atoms with Gasteiger partial charge < -0.3 is 29.4 Å². The van der Waals surface area contributed by atoms with Gasteiger partial charge in [0.05, 0.1) is 23.3 Å². The van der Waals surface area contributed by atoms with Gasteiger partial charge in [0.2, 0.25) is 0 Å².